The fourth-order valence-corrected chi connectivity index (χ4v) is 3.53. The average molecular weight is 212 g/mol. The minimum atomic E-state index is 0.360. The van der Waals surface area contributed by atoms with E-state index in [4.69, 9.17) is 10.5 Å². The molecule has 0 N–H and O–H groups in total. The molecular formula is C9H12N2S2. The minimum absolute atomic E-state index is 0.360. The van der Waals surface area contributed by atoms with Crippen molar-refractivity contribution in [1.29, 1.82) is 10.5 Å². The fourth-order valence-electron chi connectivity index (χ4n) is 1.70. The van der Waals surface area contributed by atoms with Crippen LogP contribution in [0.1, 0.15) is 26.2 Å². The number of thioether (sulfide) groups is 2. The Labute approximate surface area is 87.7 Å². The van der Waals surface area contributed by atoms with Crippen LogP contribution in [0.4, 0.5) is 0 Å². The molecule has 0 radical (unpaired) electrons. The molecule has 0 saturated heterocycles. The van der Waals surface area contributed by atoms with E-state index in [0.29, 0.717) is 16.4 Å². The smallest absolute Gasteiger partial charge is 0.133 e. The summed E-state index contributed by atoms with van der Waals surface area (Å²) in [5.41, 5.74) is 0. The molecule has 0 aromatic rings. The van der Waals surface area contributed by atoms with Gasteiger partial charge in [0.25, 0.3) is 0 Å². The second-order valence-electron chi connectivity index (χ2n) is 3.41. The Morgan fingerprint density at radius 3 is 2.31 bits per heavy atom. The predicted octanol–water partition coefficient (Wildman–Crippen LogP) is 2.97. The molecule has 0 aliphatic heterocycles. The minimum Gasteiger partial charge on any atom is -0.185 e. The number of hydrogen-bond acceptors (Lipinski definition) is 4. The Morgan fingerprint density at radius 2 is 1.69 bits per heavy atom. The lowest BCUT2D eigenvalue weighted by atomic mass is 9.90. The molecule has 0 heterocycles. The van der Waals surface area contributed by atoms with Crippen molar-refractivity contribution in [3.63, 3.8) is 0 Å². The molecular weight excluding hydrogens is 200 g/mol. The molecule has 0 aromatic carbocycles. The van der Waals surface area contributed by atoms with Crippen LogP contribution in [0.2, 0.25) is 0 Å². The van der Waals surface area contributed by atoms with Gasteiger partial charge in [0.05, 0.1) is 0 Å². The van der Waals surface area contributed by atoms with Crippen molar-refractivity contribution in [1.82, 2.24) is 0 Å². The molecule has 0 aromatic heterocycles. The van der Waals surface area contributed by atoms with Gasteiger partial charge in [0.2, 0.25) is 0 Å². The lowest BCUT2D eigenvalue weighted by Gasteiger charge is -2.30. The highest BCUT2D eigenvalue weighted by molar-refractivity contribution is 8.08. The highest BCUT2D eigenvalue weighted by Gasteiger charge is 2.29. The summed E-state index contributed by atoms with van der Waals surface area (Å²) in [5, 5.41) is 22.2. The molecule has 1 aliphatic carbocycles. The van der Waals surface area contributed by atoms with E-state index >= 15 is 0 Å². The highest BCUT2D eigenvalue weighted by atomic mass is 32.2. The van der Waals surface area contributed by atoms with Crippen molar-refractivity contribution in [3.8, 4) is 10.8 Å². The van der Waals surface area contributed by atoms with Crippen LogP contribution in [0.15, 0.2) is 0 Å². The summed E-state index contributed by atoms with van der Waals surface area (Å²) in [5.74, 6) is 0.710. The molecule has 1 rings (SSSR count). The monoisotopic (exact) mass is 212 g/mol. The number of hydrogen-bond donors (Lipinski definition) is 0. The van der Waals surface area contributed by atoms with Crippen molar-refractivity contribution in [2.75, 3.05) is 0 Å². The van der Waals surface area contributed by atoms with Crippen LogP contribution in [-0.4, -0.2) is 10.5 Å². The van der Waals surface area contributed by atoms with Crippen LogP contribution in [-0.2, 0) is 0 Å². The van der Waals surface area contributed by atoms with Gasteiger partial charge in [-0.3, -0.25) is 0 Å². The Kier molecular flexibility index (Phi) is 4.48. The quantitative estimate of drug-likeness (QED) is 0.660. The van der Waals surface area contributed by atoms with Gasteiger partial charge < -0.3 is 0 Å². The van der Waals surface area contributed by atoms with Gasteiger partial charge in [-0.2, -0.15) is 10.5 Å². The van der Waals surface area contributed by atoms with Crippen molar-refractivity contribution >= 4 is 23.5 Å². The third-order valence-corrected chi connectivity index (χ3v) is 4.48. The molecule has 13 heavy (non-hydrogen) atoms. The number of rotatable bonds is 2. The molecule has 1 fully saturated rings. The summed E-state index contributed by atoms with van der Waals surface area (Å²) in [6.45, 7) is 2.22. The third-order valence-electron chi connectivity index (χ3n) is 2.40. The Morgan fingerprint density at radius 1 is 1.08 bits per heavy atom. The van der Waals surface area contributed by atoms with E-state index in [2.05, 4.69) is 17.7 Å². The van der Waals surface area contributed by atoms with Crippen LogP contribution in [0.5, 0.6) is 0 Å². The van der Waals surface area contributed by atoms with E-state index in [1.54, 1.807) is 0 Å². The molecule has 3 atom stereocenters. The summed E-state index contributed by atoms with van der Waals surface area (Å²) < 4.78 is 0. The third kappa shape index (κ3) is 3.14. The molecule has 3 unspecified atom stereocenters. The normalized spacial score (nSPS) is 33.3. The number of nitrogens with zero attached hydrogens (tertiary/aromatic N) is 2. The van der Waals surface area contributed by atoms with Crippen molar-refractivity contribution < 1.29 is 0 Å². The zero-order chi connectivity index (χ0) is 9.68. The van der Waals surface area contributed by atoms with E-state index in [0.717, 1.165) is 12.8 Å². The summed E-state index contributed by atoms with van der Waals surface area (Å²) in [4.78, 5) is 0. The Balaban J connectivity index is 2.52. The van der Waals surface area contributed by atoms with Crippen LogP contribution in [0.3, 0.4) is 0 Å². The predicted molar refractivity (Wildman–Crippen MR) is 57.0 cm³/mol. The lowest BCUT2D eigenvalue weighted by Crippen LogP contribution is -2.27. The highest BCUT2D eigenvalue weighted by Crippen LogP contribution is 2.37. The maximum atomic E-state index is 8.61. The summed E-state index contributed by atoms with van der Waals surface area (Å²) in [6, 6.07) is 0. The molecule has 1 saturated carbocycles. The van der Waals surface area contributed by atoms with Gasteiger partial charge in [-0.05, 0) is 48.7 Å². The molecule has 70 valence electrons. The van der Waals surface area contributed by atoms with Gasteiger partial charge >= 0.3 is 0 Å². The first kappa shape index (κ1) is 10.8. The second-order valence-corrected chi connectivity index (χ2v) is 5.46. The topological polar surface area (TPSA) is 47.6 Å². The lowest BCUT2D eigenvalue weighted by molar-refractivity contribution is 0.403. The van der Waals surface area contributed by atoms with Crippen LogP contribution >= 0.6 is 23.5 Å². The largest absolute Gasteiger partial charge is 0.185 e. The van der Waals surface area contributed by atoms with E-state index in [1.165, 1.54) is 29.9 Å². The van der Waals surface area contributed by atoms with Gasteiger partial charge in [0, 0.05) is 10.5 Å². The summed E-state index contributed by atoms with van der Waals surface area (Å²) in [6.07, 6.45) is 3.36. The first-order valence-corrected chi connectivity index (χ1v) is 6.13. The zero-order valence-electron chi connectivity index (χ0n) is 7.56. The average Bonchev–Trinajstić information content (AvgIpc) is 2.10. The van der Waals surface area contributed by atoms with Gasteiger partial charge in [0.1, 0.15) is 10.8 Å². The van der Waals surface area contributed by atoms with Crippen molar-refractivity contribution in [2.45, 2.75) is 36.7 Å². The van der Waals surface area contributed by atoms with E-state index in [1.807, 2.05) is 0 Å². The molecule has 1 aliphatic rings. The van der Waals surface area contributed by atoms with Crippen LogP contribution in [0.25, 0.3) is 0 Å². The Bertz CT molecular complexity index is 241. The summed E-state index contributed by atoms with van der Waals surface area (Å²) >= 11 is 2.67. The maximum absolute atomic E-state index is 8.61. The fraction of sp³-hybridized carbons (Fsp3) is 0.778. The molecule has 0 bridgehead atoms. The Hall–Kier alpha value is -0.320. The number of nitriles is 2. The summed E-state index contributed by atoms with van der Waals surface area (Å²) in [7, 11) is 0. The van der Waals surface area contributed by atoms with E-state index in [-0.39, 0.29) is 0 Å². The second kappa shape index (κ2) is 5.42. The van der Waals surface area contributed by atoms with Gasteiger partial charge in [-0.1, -0.05) is 6.92 Å². The molecule has 0 amide bonds. The SMILES string of the molecule is CC1CCC(SC#N)C(SC#N)C1. The van der Waals surface area contributed by atoms with E-state index < -0.39 is 0 Å². The maximum Gasteiger partial charge on any atom is 0.133 e. The van der Waals surface area contributed by atoms with Crippen molar-refractivity contribution in [2.24, 2.45) is 5.92 Å². The van der Waals surface area contributed by atoms with Gasteiger partial charge in [-0.15, -0.1) is 0 Å². The van der Waals surface area contributed by atoms with Crippen LogP contribution < -0.4 is 0 Å². The molecule has 4 heteroatoms. The van der Waals surface area contributed by atoms with Gasteiger partial charge in [0.15, 0.2) is 0 Å². The van der Waals surface area contributed by atoms with Gasteiger partial charge in [-0.25, -0.2) is 0 Å². The van der Waals surface area contributed by atoms with E-state index in [9.17, 15) is 0 Å². The van der Waals surface area contributed by atoms with Crippen molar-refractivity contribution in [3.05, 3.63) is 0 Å². The number of thiocyanates is 2. The first-order chi connectivity index (χ1) is 6.27. The molecule has 2 nitrogen and oxygen atoms in total. The standard InChI is InChI=1S/C9H12N2S2/c1-7-2-3-8(12-5-10)9(4-7)13-6-11/h7-9H,2-4H2,1H3. The first-order valence-electron chi connectivity index (χ1n) is 4.37. The molecule has 0 spiro atoms. The van der Waals surface area contributed by atoms with Crippen LogP contribution in [0, 0.1) is 27.2 Å². The zero-order valence-corrected chi connectivity index (χ0v) is 9.20.